The van der Waals surface area contributed by atoms with Crippen molar-refractivity contribution in [2.75, 3.05) is 20.8 Å². The molecule has 1 aliphatic carbocycles. The van der Waals surface area contributed by atoms with Crippen molar-refractivity contribution in [1.82, 2.24) is 10.6 Å². The Morgan fingerprint density at radius 3 is 2.35 bits per heavy atom. The molecule has 2 rings (SSSR count). The molecule has 26 heavy (non-hydrogen) atoms. The highest BCUT2D eigenvalue weighted by atomic mass is 16.5. The number of benzene rings is 1. The lowest BCUT2D eigenvalue weighted by atomic mass is 10.1. The Labute approximate surface area is 154 Å². The summed E-state index contributed by atoms with van der Waals surface area (Å²) in [6, 6.07) is 5.06. The van der Waals surface area contributed by atoms with Gasteiger partial charge in [-0.3, -0.25) is 9.59 Å². The van der Waals surface area contributed by atoms with Gasteiger partial charge in [0.05, 0.1) is 20.3 Å². The van der Waals surface area contributed by atoms with Crippen molar-refractivity contribution in [1.29, 1.82) is 0 Å². The van der Waals surface area contributed by atoms with Gasteiger partial charge in [0.1, 0.15) is 0 Å². The smallest absolute Gasteiger partial charge is 0.309 e. The number of hydrogen-bond acceptors (Lipinski definition) is 5. The minimum absolute atomic E-state index is 0.0616. The van der Waals surface area contributed by atoms with E-state index in [4.69, 9.17) is 9.47 Å². The van der Waals surface area contributed by atoms with Crippen LogP contribution in [0.2, 0.25) is 0 Å². The summed E-state index contributed by atoms with van der Waals surface area (Å²) in [5, 5.41) is 15.5. The minimum Gasteiger partial charge on any atom is -0.493 e. The van der Waals surface area contributed by atoms with Crippen LogP contribution in [0.1, 0.15) is 50.2 Å². The van der Waals surface area contributed by atoms with Gasteiger partial charge in [0.25, 0.3) is 0 Å². The number of ether oxygens (including phenoxy) is 2. The number of amides is 2. The van der Waals surface area contributed by atoms with Crippen molar-refractivity contribution in [2.24, 2.45) is 0 Å². The summed E-state index contributed by atoms with van der Waals surface area (Å²) in [6.45, 7) is -0.0631. The van der Waals surface area contributed by atoms with Crippen molar-refractivity contribution in [3.8, 4) is 11.5 Å². The lowest BCUT2D eigenvalue weighted by Crippen LogP contribution is -2.45. The summed E-state index contributed by atoms with van der Waals surface area (Å²) in [5.41, 5.74) is 0.562. The molecule has 0 heterocycles. The number of nitrogens with one attached hydrogen (secondary N) is 2. The van der Waals surface area contributed by atoms with Gasteiger partial charge in [-0.2, -0.15) is 0 Å². The number of aliphatic hydroxyl groups is 1. The molecule has 3 N–H and O–H groups in total. The van der Waals surface area contributed by atoms with Gasteiger partial charge in [-0.25, -0.2) is 0 Å². The molecule has 0 aromatic heterocycles. The number of carbonyl (C=O) groups excluding carboxylic acids is 2. The first kappa shape index (κ1) is 20.0. The van der Waals surface area contributed by atoms with Gasteiger partial charge in [0.15, 0.2) is 11.5 Å². The number of aliphatic hydroxyl groups excluding tert-OH is 1. The van der Waals surface area contributed by atoms with Crippen molar-refractivity contribution < 1.29 is 24.2 Å². The molecule has 1 unspecified atom stereocenters. The monoisotopic (exact) mass is 364 g/mol. The van der Waals surface area contributed by atoms with Crippen molar-refractivity contribution >= 4 is 11.8 Å². The van der Waals surface area contributed by atoms with Gasteiger partial charge >= 0.3 is 11.8 Å². The Kier molecular flexibility index (Phi) is 7.72. The average Bonchev–Trinajstić information content (AvgIpc) is 2.93. The molecule has 1 aromatic carbocycles. The lowest BCUT2D eigenvalue weighted by molar-refractivity contribution is -0.139. The molecule has 1 atom stereocenters. The molecule has 144 valence electrons. The zero-order chi connectivity index (χ0) is 18.9. The third-order valence-electron chi connectivity index (χ3n) is 4.64. The molecule has 1 saturated carbocycles. The summed E-state index contributed by atoms with van der Waals surface area (Å²) >= 11 is 0. The summed E-state index contributed by atoms with van der Waals surface area (Å²) in [7, 11) is 3.04. The molecule has 0 spiro atoms. The van der Waals surface area contributed by atoms with Crippen LogP contribution in [0.25, 0.3) is 0 Å². The minimum atomic E-state index is -0.954. The normalized spacial score (nSPS) is 16.3. The second-order valence-corrected chi connectivity index (χ2v) is 6.50. The Balaban J connectivity index is 1.84. The first-order chi connectivity index (χ1) is 12.5. The van der Waals surface area contributed by atoms with Gasteiger partial charge in [0, 0.05) is 12.6 Å². The fourth-order valence-electron chi connectivity index (χ4n) is 3.12. The van der Waals surface area contributed by atoms with Crippen molar-refractivity contribution in [2.45, 2.75) is 50.7 Å². The zero-order valence-corrected chi connectivity index (χ0v) is 15.4. The van der Waals surface area contributed by atoms with Gasteiger partial charge in [-0.05, 0) is 30.5 Å². The van der Waals surface area contributed by atoms with Crippen LogP contribution < -0.4 is 20.1 Å². The third-order valence-corrected chi connectivity index (χ3v) is 4.64. The molecule has 1 aliphatic rings. The van der Waals surface area contributed by atoms with Crippen LogP contribution in [0, 0.1) is 0 Å². The van der Waals surface area contributed by atoms with Gasteiger partial charge in [-0.15, -0.1) is 0 Å². The molecular formula is C19H28N2O5. The molecule has 0 saturated heterocycles. The van der Waals surface area contributed by atoms with E-state index in [1.165, 1.54) is 27.1 Å². The topological polar surface area (TPSA) is 96.9 Å². The maximum absolute atomic E-state index is 12.0. The SMILES string of the molecule is COc1ccc(C(O)CNC(=O)C(=O)NC2CCCCCC2)cc1OC. The Bertz CT molecular complexity index is 612. The van der Waals surface area contributed by atoms with E-state index >= 15 is 0 Å². The molecule has 1 fully saturated rings. The molecule has 1 aromatic rings. The summed E-state index contributed by atoms with van der Waals surface area (Å²) < 4.78 is 10.4. The van der Waals surface area contributed by atoms with Crippen LogP contribution >= 0.6 is 0 Å². The fourth-order valence-corrected chi connectivity index (χ4v) is 3.12. The predicted octanol–water partition coefficient (Wildman–Crippen LogP) is 1.69. The fraction of sp³-hybridized carbons (Fsp3) is 0.579. The highest BCUT2D eigenvalue weighted by Gasteiger charge is 2.21. The highest BCUT2D eigenvalue weighted by Crippen LogP contribution is 2.29. The largest absolute Gasteiger partial charge is 0.493 e. The van der Waals surface area contributed by atoms with Crippen LogP contribution in [0.4, 0.5) is 0 Å². The molecule has 0 aliphatic heterocycles. The first-order valence-corrected chi connectivity index (χ1v) is 9.03. The van der Waals surface area contributed by atoms with E-state index < -0.39 is 17.9 Å². The zero-order valence-electron chi connectivity index (χ0n) is 15.4. The maximum Gasteiger partial charge on any atom is 0.309 e. The number of hydrogen-bond donors (Lipinski definition) is 3. The standard InChI is InChI=1S/C19H28N2O5/c1-25-16-10-9-13(11-17(16)26-2)15(22)12-20-18(23)19(24)21-14-7-5-3-4-6-8-14/h9-11,14-15,22H,3-8,12H2,1-2H3,(H,20,23)(H,21,24). The first-order valence-electron chi connectivity index (χ1n) is 9.03. The number of rotatable bonds is 6. The Morgan fingerprint density at radius 2 is 1.73 bits per heavy atom. The van der Waals surface area contributed by atoms with Crippen LogP contribution in [0.15, 0.2) is 18.2 Å². The van der Waals surface area contributed by atoms with Gasteiger partial charge in [0.2, 0.25) is 0 Å². The van der Waals surface area contributed by atoms with E-state index in [0.717, 1.165) is 25.7 Å². The van der Waals surface area contributed by atoms with Crippen molar-refractivity contribution in [3.05, 3.63) is 23.8 Å². The predicted molar refractivity (Wildman–Crippen MR) is 97.1 cm³/mol. The van der Waals surface area contributed by atoms with E-state index in [9.17, 15) is 14.7 Å². The van der Waals surface area contributed by atoms with Gasteiger partial charge in [-0.1, -0.05) is 31.7 Å². The Hall–Kier alpha value is -2.28. The number of methoxy groups -OCH3 is 2. The van der Waals surface area contributed by atoms with Gasteiger partial charge < -0.3 is 25.2 Å². The van der Waals surface area contributed by atoms with E-state index in [1.54, 1.807) is 18.2 Å². The maximum atomic E-state index is 12.0. The third kappa shape index (κ3) is 5.62. The number of carbonyl (C=O) groups is 2. The van der Waals surface area contributed by atoms with Crippen LogP contribution in [-0.2, 0) is 9.59 Å². The lowest BCUT2D eigenvalue weighted by Gasteiger charge is -2.17. The summed E-state index contributed by atoms with van der Waals surface area (Å²) in [4.78, 5) is 24.0. The molecule has 7 nitrogen and oxygen atoms in total. The van der Waals surface area contributed by atoms with E-state index in [1.807, 2.05) is 0 Å². The summed E-state index contributed by atoms with van der Waals surface area (Å²) in [5.74, 6) is -0.332. The van der Waals surface area contributed by atoms with Crippen LogP contribution in [-0.4, -0.2) is 43.7 Å². The van der Waals surface area contributed by atoms with E-state index in [-0.39, 0.29) is 12.6 Å². The van der Waals surface area contributed by atoms with E-state index in [0.29, 0.717) is 17.1 Å². The van der Waals surface area contributed by atoms with Crippen LogP contribution in [0.3, 0.4) is 0 Å². The Morgan fingerprint density at radius 1 is 1.08 bits per heavy atom. The highest BCUT2D eigenvalue weighted by molar-refractivity contribution is 6.35. The molecular weight excluding hydrogens is 336 g/mol. The molecule has 7 heteroatoms. The van der Waals surface area contributed by atoms with E-state index in [2.05, 4.69) is 10.6 Å². The summed E-state index contributed by atoms with van der Waals surface area (Å²) in [6.07, 6.45) is 5.37. The quantitative estimate of drug-likeness (QED) is 0.527. The van der Waals surface area contributed by atoms with Crippen LogP contribution in [0.5, 0.6) is 11.5 Å². The average molecular weight is 364 g/mol. The second kappa shape index (κ2) is 10.0. The molecule has 0 bridgehead atoms. The van der Waals surface area contributed by atoms with Crippen molar-refractivity contribution in [3.63, 3.8) is 0 Å². The molecule has 2 amide bonds. The molecule has 0 radical (unpaired) electrons. The second-order valence-electron chi connectivity index (χ2n) is 6.50.